The number of rotatable bonds is 1. The molecule has 84 valence electrons. The van der Waals surface area contributed by atoms with Crippen molar-refractivity contribution in [2.75, 3.05) is 0 Å². The minimum absolute atomic E-state index is 0.0812. The standard InChI is InChI=1S/C9H5F3N2O2/c10-9(11,12)8-7-3-6(14(15)16)2-1-5(7)4-13-8/h1-3H,4H2. The zero-order valence-corrected chi connectivity index (χ0v) is 7.78. The maximum atomic E-state index is 12.5. The Morgan fingerprint density at radius 2 is 2.06 bits per heavy atom. The summed E-state index contributed by atoms with van der Waals surface area (Å²) in [5.41, 5.74) is -1.23. The van der Waals surface area contributed by atoms with Gasteiger partial charge in [-0.1, -0.05) is 0 Å². The van der Waals surface area contributed by atoms with Crippen molar-refractivity contribution in [2.24, 2.45) is 4.99 Å². The summed E-state index contributed by atoms with van der Waals surface area (Å²) in [6.45, 7) is -0.0812. The van der Waals surface area contributed by atoms with Gasteiger partial charge < -0.3 is 0 Å². The molecule has 0 bridgehead atoms. The molecule has 0 radical (unpaired) electrons. The minimum atomic E-state index is -4.57. The van der Waals surface area contributed by atoms with Crippen LogP contribution >= 0.6 is 0 Å². The predicted octanol–water partition coefficient (Wildman–Crippen LogP) is 2.46. The Labute approximate surface area is 87.6 Å². The number of hydrogen-bond donors (Lipinski definition) is 0. The topological polar surface area (TPSA) is 55.5 Å². The fourth-order valence-corrected chi connectivity index (χ4v) is 1.53. The molecular formula is C9H5F3N2O2. The van der Waals surface area contributed by atoms with Crippen LogP contribution in [0.4, 0.5) is 18.9 Å². The number of hydrogen-bond acceptors (Lipinski definition) is 3. The lowest BCUT2D eigenvalue weighted by Gasteiger charge is -2.07. The lowest BCUT2D eigenvalue weighted by atomic mass is 10.0. The first kappa shape index (κ1) is 10.6. The molecule has 0 N–H and O–H groups in total. The van der Waals surface area contributed by atoms with Crippen LogP contribution in [0.15, 0.2) is 23.2 Å². The lowest BCUT2D eigenvalue weighted by Crippen LogP contribution is -2.22. The zero-order chi connectivity index (χ0) is 11.9. The van der Waals surface area contributed by atoms with Crippen molar-refractivity contribution in [2.45, 2.75) is 12.7 Å². The van der Waals surface area contributed by atoms with E-state index >= 15 is 0 Å². The van der Waals surface area contributed by atoms with Gasteiger partial charge in [0.2, 0.25) is 0 Å². The molecule has 4 nitrogen and oxygen atoms in total. The van der Waals surface area contributed by atoms with Gasteiger partial charge in [-0.25, -0.2) is 0 Å². The summed E-state index contributed by atoms with van der Waals surface area (Å²) in [6, 6.07) is 3.39. The average Bonchev–Trinajstić information content (AvgIpc) is 2.58. The van der Waals surface area contributed by atoms with Crippen molar-refractivity contribution >= 4 is 11.4 Å². The minimum Gasteiger partial charge on any atom is -0.275 e. The molecule has 1 heterocycles. The third-order valence-corrected chi connectivity index (χ3v) is 2.24. The molecule has 1 aliphatic heterocycles. The Hall–Kier alpha value is -1.92. The Kier molecular flexibility index (Phi) is 2.18. The second kappa shape index (κ2) is 3.29. The van der Waals surface area contributed by atoms with E-state index in [4.69, 9.17) is 0 Å². The molecular weight excluding hydrogens is 225 g/mol. The molecule has 1 aliphatic rings. The van der Waals surface area contributed by atoms with Crippen LogP contribution in [-0.2, 0) is 6.54 Å². The Balaban J connectivity index is 2.51. The third kappa shape index (κ3) is 1.64. The first-order valence-electron chi connectivity index (χ1n) is 4.29. The highest BCUT2D eigenvalue weighted by Crippen LogP contribution is 2.31. The molecule has 0 saturated heterocycles. The van der Waals surface area contributed by atoms with Gasteiger partial charge in [0.1, 0.15) is 5.71 Å². The monoisotopic (exact) mass is 230 g/mol. The van der Waals surface area contributed by atoms with Crippen molar-refractivity contribution in [1.29, 1.82) is 0 Å². The van der Waals surface area contributed by atoms with E-state index in [9.17, 15) is 23.3 Å². The van der Waals surface area contributed by atoms with Gasteiger partial charge in [0, 0.05) is 17.7 Å². The molecule has 0 amide bonds. The largest absolute Gasteiger partial charge is 0.433 e. The Bertz CT molecular complexity index is 494. The summed E-state index contributed by atoms with van der Waals surface area (Å²) in [6.07, 6.45) is -4.57. The van der Waals surface area contributed by atoms with Crippen molar-refractivity contribution in [1.82, 2.24) is 0 Å². The van der Waals surface area contributed by atoms with Crippen LogP contribution in [0.3, 0.4) is 0 Å². The van der Waals surface area contributed by atoms with Crippen LogP contribution in [0.1, 0.15) is 11.1 Å². The van der Waals surface area contributed by atoms with E-state index in [0.29, 0.717) is 5.56 Å². The average molecular weight is 230 g/mol. The number of benzene rings is 1. The lowest BCUT2D eigenvalue weighted by molar-refractivity contribution is -0.384. The molecule has 0 aliphatic carbocycles. The van der Waals surface area contributed by atoms with Gasteiger partial charge in [-0.15, -0.1) is 0 Å². The van der Waals surface area contributed by atoms with E-state index in [1.54, 1.807) is 0 Å². The third-order valence-electron chi connectivity index (χ3n) is 2.24. The normalized spacial score (nSPS) is 14.6. The number of halogens is 3. The molecule has 0 fully saturated rings. The second-order valence-electron chi connectivity index (χ2n) is 3.26. The van der Waals surface area contributed by atoms with Crippen LogP contribution in [0, 0.1) is 10.1 Å². The second-order valence-corrected chi connectivity index (χ2v) is 3.26. The van der Waals surface area contributed by atoms with Gasteiger partial charge in [-0.3, -0.25) is 15.1 Å². The summed E-state index contributed by atoms with van der Waals surface area (Å²) >= 11 is 0. The molecule has 0 aromatic heterocycles. The smallest absolute Gasteiger partial charge is 0.275 e. The zero-order valence-electron chi connectivity index (χ0n) is 7.78. The summed E-state index contributed by atoms with van der Waals surface area (Å²) in [7, 11) is 0. The molecule has 7 heteroatoms. The fraction of sp³-hybridized carbons (Fsp3) is 0.222. The van der Waals surface area contributed by atoms with E-state index in [2.05, 4.69) is 4.99 Å². The number of alkyl halides is 3. The maximum absolute atomic E-state index is 12.5. The van der Waals surface area contributed by atoms with Crippen LogP contribution in [-0.4, -0.2) is 16.8 Å². The molecule has 0 saturated carbocycles. The van der Waals surface area contributed by atoms with Crippen LogP contribution in [0.25, 0.3) is 0 Å². The van der Waals surface area contributed by atoms with E-state index in [-0.39, 0.29) is 17.8 Å². The highest BCUT2D eigenvalue weighted by molar-refractivity contribution is 6.07. The highest BCUT2D eigenvalue weighted by atomic mass is 19.4. The van der Waals surface area contributed by atoms with Crippen LogP contribution < -0.4 is 0 Å². The summed E-state index contributed by atoms with van der Waals surface area (Å²) in [5, 5.41) is 10.4. The quantitative estimate of drug-likeness (QED) is 0.549. The number of nitro benzene ring substituents is 1. The summed E-state index contributed by atoms with van der Waals surface area (Å²) in [5.74, 6) is 0. The Morgan fingerprint density at radius 3 is 2.62 bits per heavy atom. The molecule has 1 aromatic carbocycles. The molecule has 16 heavy (non-hydrogen) atoms. The molecule has 0 atom stereocenters. The highest BCUT2D eigenvalue weighted by Gasteiger charge is 2.40. The van der Waals surface area contributed by atoms with E-state index in [1.807, 2.05) is 0 Å². The van der Waals surface area contributed by atoms with Crippen molar-refractivity contribution in [3.8, 4) is 0 Å². The van der Waals surface area contributed by atoms with E-state index in [1.165, 1.54) is 12.1 Å². The summed E-state index contributed by atoms with van der Waals surface area (Å²) in [4.78, 5) is 13.1. The van der Waals surface area contributed by atoms with Gasteiger partial charge in [-0.05, 0) is 11.6 Å². The van der Waals surface area contributed by atoms with Gasteiger partial charge in [0.25, 0.3) is 5.69 Å². The van der Waals surface area contributed by atoms with Crippen LogP contribution in [0.2, 0.25) is 0 Å². The molecule has 2 rings (SSSR count). The fourth-order valence-electron chi connectivity index (χ4n) is 1.53. The van der Waals surface area contributed by atoms with Gasteiger partial charge >= 0.3 is 6.18 Å². The SMILES string of the molecule is O=[N+]([O-])c1ccc2c(c1)C(C(F)(F)F)=NC2. The van der Waals surface area contributed by atoms with Gasteiger partial charge in [0.15, 0.2) is 0 Å². The van der Waals surface area contributed by atoms with Crippen molar-refractivity contribution in [3.05, 3.63) is 39.4 Å². The summed E-state index contributed by atoms with van der Waals surface area (Å²) < 4.78 is 37.4. The van der Waals surface area contributed by atoms with Gasteiger partial charge in [-0.2, -0.15) is 13.2 Å². The number of non-ortho nitro benzene ring substituents is 1. The molecule has 0 spiro atoms. The number of aliphatic imine (C=N–C) groups is 1. The van der Waals surface area contributed by atoms with Crippen molar-refractivity contribution in [3.63, 3.8) is 0 Å². The first-order valence-corrected chi connectivity index (χ1v) is 4.29. The van der Waals surface area contributed by atoms with Crippen molar-refractivity contribution < 1.29 is 18.1 Å². The number of nitro groups is 1. The van der Waals surface area contributed by atoms with E-state index < -0.39 is 16.8 Å². The first-order chi connectivity index (χ1) is 7.39. The van der Waals surface area contributed by atoms with Crippen LogP contribution in [0.5, 0.6) is 0 Å². The molecule has 0 unspecified atom stereocenters. The molecule has 1 aromatic rings. The predicted molar refractivity (Wildman–Crippen MR) is 49.4 cm³/mol. The van der Waals surface area contributed by atoms with Gasteiger partial charge in [0.05, 0.1) is 11.5 Å². The number of nitrogens with zero attached hydrogens (tertiary/aromatic N) is 2. The van der Waals surface area contributed by atoms with E-state index in [0.717, 1.165) is 6.07 Å². The Morgan fingerprint density at radius 1 is 1.38 bits per heavy atom. The maximum Gasteiger partial charge on any atom is 0.433 e. The number of fused-ring (bicyclic) bond motifs is 1.